The van der Waals surface area contributed by atoms with E-state index in [-0.39, 0.29) is 21.8 Å². The fourth-order valence-electron chi connectivity index (χ4n) is 1.27. The Morgan fingerprint density at radius 3 is 2.47 bits per heavy atom. The van der Waals surface area contributed by atoms with Crippen LogP contribution in [0.25, 0.3) is 0 Å². The van der Waals surface area contributed by atoms with Crippen molar-refractivity contribution in [1.29, 1.82) is 0 Å². The van der Waals surface area contributed by atoms with Gasteiger partial charge in [0, 0.05) is 6.26 Å². The van der Waals surface area contributed by atoms with Crippen molar-refractivity contribution in [3.63, 3.8) is 0 Å². The Labute approximate surface area is 114 Å². The summed E-state index contributed by atoms with van der Waals surface area (Å²) in [6.07, 6.45) is 1.97. The summed E-state index contributed by atoms with van der Waals surface area (Å²) in [7, 11) is -3.28. The van der Waals surface area contributed by atoms with Crippen LogP contribution in [0.5, 0.6) is 11.6 Å². The molecule has 1 aromatic heterocycles. The Bertz CT molecular complexity index is 704. The molecule has 0 aliphatic carbocycles. The highest BCUT2D eigenvalue weighted by Crippen LogP contribution is 2.24. The Morgan fingerprint density at radius 2 is 1.89 bits per heavy atom. The molecule has 100 valence electrons. The Morgan fingerprint density at radius 1 is 1.26 bits per heavy atom. The summed E-state index contributed by atoms with van der Waals surface area (Å²) in [5.41, 5.74) is 0. The molecule has 0 radical (unpaired) electrons. The zero-order chi connectivity index (χ0) is 14.0. The van der Waals surface area contributed by atoms with Crippen molar-refractivity contribution in [2.24, 2.45) is 0 Å². The number of nitrogens with zero attached hydrogens (tertiary/aromatic N) is 2. The summed E-state index contributed by atoms with van der Waals surface area (Å²) in [6.45, 7) is 0. The highest BCUT2D eigenvalue weighted by Gasteiger charge is 2.10. The average Bonchev–Trinajstić information content (AvgIpc) is 2.33. The van der Waals surface area contributed by atoms with E-state index in [0.717, 1.165) is 12.5 Å². The van der Waals surface area contributed by atoms with Crippen molar-refractivity contribution in [3.8, 4) is 11.6 Å². The van der Waals surface area contributed by atoms with E-state index in [1.54, 1.807) is 0 Å². The first kappa shape index (κ1) is 13.7. The van der Waals surface area contributed by atoms with Crippen molar-refractivity contribution in [1.82, 2.24) is 9.97 Å². The summed E-state index contributed by atoms with van der Waals surface area (Å²) in [4.78, 5) is 7.17. The second-order valence-corrected chi connectivity index (χ2v) is 5.99. The zero-order valence-corrected chi connectivity index (χ0v) is 11.2. The van der Waals surface area contributed by atoms with Gasteiger partial charge in [-0.3, -0.25) is 0 Å². The lowest BCUT2D eigenvalue weighted by molar-refractivity contribution is 0.419. The van der Waals surface area contributed by atoms with Gasteiger partial charge in [-0.2, -0.15) is 9.37 Å². The van der Waals surface area contributed by atoms with Gasteiger partial charge in [-0.15, -0.1) is 0 Å². The van der Waals surface area contributed by atoms with Crippen molar-refractivity contribution < 1.29 is 17.5 Å². The second-order valence-electron chi connectivity index (χ2n) is 3.64. The van der Waals surface area contributed by atoms with Crippen LogP contribution < -0.4 is 4.74 Å². The van der Waals surface area contributed by atoms with Gasteiger partial charge in [0.25, 0.3) is 5.88 Å². The highest BCUT2D eigenvalue weighted by atomic mass is 35.5. The maximum atomic E-state index is 13.3. The molecule has 0 unspecified atom stereocenters. The van der Waals surface area contributed by atoms with Crippen LogP contribution in [0.15, 0.2) is 35.4 Å². The van der Waals surface area contributed by atoms with Gasteiger partial charge in [0.1, 0.15) is 5.75 Å². The van der Waals surface area contributed by atoms with E-state index in [1.807, 2.05) is 0 Å². The lowest BCUT2D eigenvalue weighted by Gasteiger charge is -2.06. The minimum Gasteiger partial charge on any atom is -0.436 e. The molecule has 0 fully saturated rings. The summed E-state index contributed by atoms with van der Waals surface area (Å²) in [6, 6.07) is 5.49. The number of hydrogen-bond acceptors (Lipinski definition) is 5. The SMILES string of the molecule is CS(=O)(=O)c1ccc(Oc2nc(Cl)ncc2F)cc1. The highest BCUT2D eigenvalue weighted by molar-refractivity contribution is 7.90. The third kappa shape index (κ3) is 3.39. The van der Waals surface area contributed by atoms with Crippen LogP contribution in [0.3, 0.4) is 0 Å². The van der Waals surface area contributed by atoms with Gasteiger partial charge in [0.15, 0.2) is 9.84 Å². The molecule has 0 saturated heterocycles. The average molecular weight is 303 g/mol. The first-order valence-electron chi connectivity index (χ1n) is 5.02. The summed E-state index contributed by atoms with van der Waals surface area (Å²) in [5, 5.41) is -0.149. The predicted octanol–water partition coefficient (Wildman–Crippen LogP) is 2.46. The number of hydrogen-bond donors (Lipinski definition) is 0. The Hall–Kier alpha value is -1.73. The molecule has 5 nitrogen and oxygen atoms in total. The normalized spacial score (nSPS) is 11.3. The molecule has 8 heteroatoms. The van der Waals surface area contributed by atoms with Gasteiger partial charge in [0.2, 0.25) is 11.1 Å². The van der Waals surface area contributed by atoms with Gasteiger partial charge in [-0.05, 0) is 35.9 Å². The topological polar surface area (TPSA) is 69.2 Å². The van der Waals surface area contributed by atoms with Crippen molar-refractivity contribution >= 4 is 21.4 Å². The molecule has 19 heavy (non-hydrogen) atoms. The maximum absolute atomic E-state index is 13.3. The van der Waals surface area contributed by atoms with Crippen LogP contribution in [0.4, 0.5) is 4.39 Å². The largest absolute Gasteiger partial charge is 0.436 e. The smallest absolute Gasteiger partial charge is 0.260 e. The molecule has 0 spiro atoms. The minimum atomic E-state index is -3.28. The first-order valence-corrected chi connectivity index (χ1v) is 7.29. The monoisotopic (exact) mass is 302 g/mol. The van der Waals surface area contributed by atoms with Crippen LogP contribution >= 0.6 is 11.6 Å². The van der Waals surface area contributed by atoms with E-state index in [9.17, 15) is 12.8 Å². The van der Waals surface area contributed by atoms with Gasteiger partial charge >= 0.3 is 0 Å². The van der Waals surface area contributed by atoms with E-state index in [0.29, 0.717) is 0 Å². The molecule has 0 saturated carbocycles. The molecule has 0 aliphatic heterocycles. The maximum Gasteiger partial charge on any atom is 0.260 e. The lowest BCUT2D eigenvalue weighted by atomic mass is 10.3. The molecule has 2 aromatic rings. The van der Waals surface area contributed by atoms with Gasteiger partial charge in [-0.1, -0.05) is 0 Å². The van der Waals surface area contributed by atoms with Crippen LogP contribution in [0.1, 0.15) is 0 Å². The molecule has 1 heterocycles. The van der Waals surface area contributed by atoms with Gasteiger partial charge < -0.3 is 4.74 Å². The van der Waals surface area contributed by atoms with E-state index in [4.69, 9.17) is 16.3 Å². The van der Waals surface area contributed by atoms with Crippen LogP contribution in [0.2, 0.25) is 5.28 Å². The van der Waals surface area contributed by atoms with Crippen LogP contribution in [0, 0.1) is 5.82 Å². The van der Waals surface area contributed by atoms with Gasteiger partial charge in [-0.25, -0.2) is 13.4 Å². The molecule has 2 rings (SSSR count). The fourth-order valence-corrected chi connectivity index (χ4v) is 2.03. The van der Waals surface area contributed by atoms with E-state index in [2.05, 4.69) is 9.97 Å². The third-order valence-corrected chi connectivity index (χ3v) is 3.46. The zero-order valence-electron chi connectivity index (χ0n) is 9.67. The molecule has 0 amide bonds. The molecular formula is C11H8ClFN2O3S. The standard InChI is InChI=1S/C11H8ClFN2O3S/c1-19(16,17)8-4-2-7(3-5-8)18-10-9(13)6-14-11(12)15-10/h2-6H,1H3. The second kappa shape index (κ2) is 5.10. The van der Waals surface area contributed by atoms with Gasteiger partial charge in [0.05, 0.1) is 11.1 Å². The summed E-state index contributed by atoms with van der Waals surface area (Å²) >= 11 is 5.52. The van der Waals surface area contributed by atoms with E-state index >= 15 is 0 Å². The van der Waals surface area contributed by atoms with Crippen molar-refractivity contribution in [3.05, 3.63) is 41.6 Å². The molecule has 0 atom stereocenters. The molecular weight excluding hydrogens is 295 g/mol. The third-order valence-electron chi connectivity index (χ3n) is 2.15. The molecule has 0 N–H and O–H groups in total. The van der Waals surface area contributed by atoms with Crippen LogP contribution in [-0.4, -0.2) is 24.6 Å². The molecule has 0 aliphatic rings. The van der Waals surface area contributed by atoms with E-state index < -0.39 is 15.7 Å². The number of rotatable bonds is 3. The predicted molar refractivity (Wildman–Crippen MR) is 66.6 cm³/mol. The first-order chi connectivity index (χ1) is 8.86. The number of halogens is 2. The minimum absolute atomic E-state index is 0.140. The van der Waals surface area contributed by atoms with E-state index in [1.165, 1.54) is 24.3 Å². The number of benzene rings is 1. The number of ether oxygens (including phenoxy) is 1. The Balaban J connectivity index is 2.27. The summed E-state index contributed by atoms with van der Waals surface area (Å²) < 4.78 is 41.0. The van der Waals surface area contributed by atoms with Crippen molar-refractivity contribution in [2.75, 3.05) is 6.26 Å². The summed E-state index contributed by atoms with van der Waals surface area (Å²) in [5.74, 6) is -0.857. The van der Waals surface area contributed by atoms with Crippen LogP contribution in [-0.2, 0) is 9.84 Å². The Kier molecular flexibility index (Phi) is 3.68. The fraction of sp³-hybridized carbons (Fsp3) is 0.0909. The number of aromatic nitrogens is 2. The molecule has 0 bridgehead atoms. The van der Waals surface area contributed by atoms with Crippen molar-refractivity contribution in [2.45, 2.75) is 4.90 Å². The molecule has 1 aromatic carbocycles. The lowest BCUT2D eigenvalue weighted by Crippen LogP contribution is -1.97. The quantitative estimate of drug-likeness (QED) is 0.815. The number of sulfone groups is 1.